The highest BCUT2D eigenvalue weighted by atomic mass is 19.2. The molecule has 0 heterocycles. The van der Waals surface area contributed by atoms with Crippen LogP contribution in [0.5, 0.6) is 0 Å². The van der Waals surface area contributed by atoms with Gasteiger partial charge in [-0.25, -0.2) is 22.0 Å². The molecule has 0 aliphatic carbocycles. The van der Waals surface area contributed by atoms with Gasteiger partial charge in [0.1, 0.15) is 11.6 Å². The topological polar surface area (TPSA) is 0 Å². The van der Waals surface area contributed by atoms with Crippen molar-refractivity contribution in [2.24, 2.45) is 0 Å². The molecule has 0 aliphatic heterocycles. The summed E-state index contributed by atoms with van der Waals surface area (Å²) in [6.07, 6.45) is 0. The van der Waals surface area contributed by atoms with E-state index < -0.39 is 39.9 Å². The highest BCUT2D eigenvalue weighted by molar-refractivity contribution is 5.99. The molecule has 3 rings (SSSR count). The smallest absolute Gasteiger partial charge is 0.195 e. The molecule has 0 aliphatic rings. The van der Waals surface area contributed by atoms with Crippen molar-refractivity contribution in [3.05, 3.63) is 59.4 Å². The number of benzene rings is 3. The van der Waals surface area contributed by atoms with Gasteiger partial charge in [0.2, 0.25) is 0 Å². The van der Waals surface area contributed by atoms with Crippen LogP contribution < -0.4 is 0 Å². The van der Waals surface area contributed by atoms with Gasteiger partial charge in [-0.1, -0.05) is 12.1 Å². The average molecular weight is 268 g/mol. The van der Waals surface area contributed by atoms with Crippen molar-refractivity contribution in [1.82, 2.24) is 0 Å². The molecule has 0 saturated heterocycles. The summed E-state index contributed by atoms with van der Waals surface area (Å²) >= 11 is 0. The largest absolute Gasteiger partial charge is 0.206 e. The van der Waals surface area contributed by atoms with Gasteiger partial charge >= 0.3 is 0 Å². The quantitative estimate of drug-likeness (QED) is 0.315. The predicted molar refractivity (Wildman–Crippen MR) is 61.2 cm³/mol. The second-order valence-corrected chi connectivity index (χ2v) is 4.11. The lowest BCUT2D eigenvalue weighted by Crippen LogP contribution is -1.96. The van der Waals surface area contributed by atoms with Gasteiger partial charge in [0.15, 0.2) is 17.5 Å². The summed E-state index contributed by atoms with van der Waals surface area (Å²) < 4.78 is 67.5. The first kappa shape index (κ1) is 11.9. The first-order valence-electron chi connectivity index (χ1n) is 5.34. The number of hydrogen-bond acceptors (Lipinski definition) is 0. The van der Waals surface area contributed by atoms with Crippen LogP contribution >= 0.6 is 0 Å². The molecule has 96 valence electrons. The Kier molecular flexibility index (Phi) is 2.45. The van der Waals surface area contributed by atoms with Crippen molar-refractivity contribution in [2.75, 3.05) is 0 Å². The molecule has 0 N–H and O–H groups in total. The highest BCUT2D eigenvalue weighted by Gasteiger charge is 2.20. The van der Waals surface area contributed by atoms with Crippen molar-refractivity contribution >= 4 is 21.5 Å². The van der Waals surface area contributed by atoms with Gasteiger partial charge in [-0.05, 0) is 29.0 Å². The molecule has 0 radical (unpaired) electrons. The number of fused-ring (bicyclic) bond motifs is 2. The Morgan fingerprint density at radius 1 is 0.579 bits per heavy atom. The van der Waals surface area contributed by atoms with Gasteiger partial charge in [-0.2, -0.15) is 0 Å². The van der Waals surface area contributed by atoms with Gasteiger partial charge in [0.05, 0.1) is 10.8 Å². The molecule has 0 atom stereocenters. The van der Waals surface area contributed by atoms with Crippen LogP contribution in [0.2, 0.25) is 0 Å². The fourth-order valence-electron chi connectivity index (χ4n) is 2.14. The van der Waals surface area contributed by atoms with E-state index in [1.165, 1.54) is 18.2 Å². The highest BCUT2D eigenvalue weighted by Crippen LogP contribution is 2.32. The molecule has 0 bridgehead atoms. The average Bonchev–Trinajstić information content (AvgIpc) is 2.35. The number of halogens is 5. The lowest BCUT2D eigenvalue weighted by molar-refractivity contribution is 0.451. The number of rotatable bonds is 0. The maximum atomic E-state index is 14.1. The van der Waals surface area contributed by atoms with Gasteiger partial charge in [-0.15, -0.1) is 0 Å². The molecule has 0 nitrogen and oxygen atoms in total. The summed E-state index contributed by atoms with van der Waals surface area (Å²) in [6.45, 7) is 0. The van der Waals surface area contributed by atoms with Crippen LogP contribution in [-0.4, -0.2) is 0 Å². The molecule has 0 fully saturated rings. The van der Waals surface area contributed by atoms with Crippen molar-refractivity contribution in [3.63, 3.8) is 0 Å². The molecule has 3 aromatic rings. The van der Waals surface area contributed by atoms with E-state index in [9.17, 15) is 22.0 Å². The summed E-state index contributed by atoms with van der Waals surface area (Å²) in [7, 11) is 0. The molecule has 0 amide bonds. The molecule has 3 aromatic carbocycles. The van der Waals surface area contributed by atoms with Gasteiger partial charge in [-0.3, -0.25) is 0 Å². The molecule has 0 unspecified atom stereocenters. The second kappa shape index (κ2) is 3.91. The standard InChI is InChI=1S/C14H5F5/c15-8-3-1-2-6-4-7-5-9(16)12(17)14(19)11(7)13(18)10(6)8/h1-5H. The minimum absolute atomic E-state index is 0.149. The van der Waals surface area contributed by atoms with Gasteiger partial charge in [0.25, 0.3) is 0 Å². The van der Waals surface area contributed by atoms with Crippen molar-refractivity contribution in [1.29, 1.82) is 0 Å². The Hall–Kier alpha value is -2.17. The fourth-order valence-corrected chi connectivity index (χ4v) is 2.14. The van der Waals surface area contributed by atoms with Gasteiger partial charge < -0.3 is 0 Å². The third kappa shape index (κ3) is 1.58. The summed E-state index contributed by atoms with van der Waals surface area (Å²) in [5.74, 6) is -6.97. The molecule has 19 heavy (non-hydrogen) atoms. The van der Waals surface area contributed by atoms with E-state index in [4.69, 9.17) is 0 Å². The Balaban J connectivity index is 2.63. The van der Waals surface area contributed by atoms with E-state index in [0.717, 1.165) is 6.07 Å². The van der Waals surface area contributed by atoms with Crippen LogP contribution in [0.25, 0.3) is 21.5 Å². The molecule has 0 saturated carbocycles. The monoisotopic (exact) mass is 268 g/mol. The zero-order valence-electron chi connectivity index (χ0n) is 9.28. The molecule has 0 aromatic heterocycles. The number of hydrogen-bond donors (Lipinski definition) is 0. The lowest BCUT2D eigenvalue weighted by Gasteiger charge is -2.08. The molecule has 0 spiro atoms. The van der Waals surface area contributed by atoms with E-state index in [1.54, 1.807) is 0 Å². The van der Waals surface area contributed by atoms with Gasteiger partial charge in [0, 0.05) is 0 Å². The van der Waals surface area contributed by atoms with E-state index in [0.29, 0.717) is 6.07 Å². The zero-order chi connectivity index (χ0) is 13.7. The van der Waals surface area contributed by atoms with E-state index in [-0.39, 0.29) is 10.8 Å². The van der Waals surface area contributed by atoms with E-state index in [1.807, 2.05) is 0 Å². The summed E-state index contributed by atoms with van der Waals surface area (Å²) in [4.78, 5) is 0. The van der Waals surface area contributed by atoms with E-state index >= 15 is 0 Å². The third-order valence-corrected chi connectivity index (χ3v) is 2.99. The Morgan fingerprint density at radius 3 is 2.05 bits per heavy atom. The summed E-state index contributed by atoms with van der Waals surface area (Å²) in [5.41, 5.74) is 0. The maximum absolute atomic E-state index is 14.1. The van der Waals surface area contributed by atoms with Crippen molar-refractivity contribution in [3.8, 4) is 0 Å². The van der Waals surface area contributed by atoms with Crippen LogP contribution in [0.15, 0.2) is 30.3 Å². The second-order valence-electron chi connectivity index (χ2n) is 4.11. The van der Waals surface area contributed by atoms with Crippen molar-refractivity contribution in [2.45, 2.75) is 0 Å². The normalized spacial score (nSPS) is 11.4. The summed E-state index contributed by atoms with van der Waals surface area (Å²) in [6, 6.07) is 5.65. The van der Waals surface area contributed by atoms with Crippen LogP contribution in [0.1, 0.15) is 0 Å². The minimum Gasteiger partial charge on any atom is -0.206 e. The third-order valence-electron chi connectivity index (χ3n) is 2.99. The van der Waals surface area contributed by atoms with Crippen molar-refractivity contribution < 1.29 is 22.0 Å². The Labute approximate surface area is 104 Å². The van der Waals surface area contributed by atoms with Crippen LogP contribution in [0, 0.1) is 29.1 Å². The fraction of sp³-hybridized carbons (Fsp3) is 0. The Morgan fingerprint density at radius 2 is 1.32 bits per heavy atom. The Bertz CT molecular complexity index is 823. The lowest BCUT2D eigenvalue weighted by atomic mass is 10.0. The summed E-state index contributed by atoms with van der Waals surface area (Å²) in [5, 5.41) is -1.21. The first-order chi connectivity index (χ1) is 9.00. The van der Waals surface area contributed by atoms with Crippen LogP contribution in [0.3, 0.4) is 0 Å². The maximum Gasteiger partial charge on any atom is 0.195 e. The van der Waals surface area contributed by atoms with Crippen LogP contribution in [-0.2, 0) is 0 Å². The molecular formula is C14H5F5. The minimum atomic E-state index is -1.78. The zero-order valence-corrected chi connectivity index (χ0v) is 9.28. The molecular weight excluding hydrogens is 263 g/mol. The predicted octanol–water partition coefficient (Wildman–Crippen LogP) is 4.69. The molecule has 5 heteroatoms. The SMILES string of the molecule is Fc1cc2cc3cccc(F)c3c(F)c2c(F)c1F. The van der Waals surface area contributed by atoms with Crippen LogP contribution in [0.4, 0.5) is 22.0 Å². The van der Waals surface area contributed by atoms with E-state index in [2.05, 4.69) is 0 Å². The first-order valence-corrected chi connectivity index (χ1v) is 5.34.